The summed E-state index contributed by atoms with van der Waals surface area (Å²) in [7, 11) is 0. The predicted molar refractivity (Wildman–Crippen MR) is 80.2 cm³/mol. The summed E-state index contributed by atoms with van der Waals surface area (Å²) in [6, 6.07) is 17.4. The third-order valence-electron chi connectivity index (χ3n) is 3.74. The molecule has 1 fully saturated rings. The minimum Gasteiger partial charge on any atom is -0.360 e. The van der Waals surface area contributed by atoms with E-state index < -0.39 is 0 Å². The molecule has 0 unspecified atom stereocenters. The van der Waals surface area contributed by atoms with Crippen molar-refractivity contribution in [2.24, 2.45) is 0 Å². The quantitative estimate of drug-likeness (QED) is 0.851. The highest BCUT2D eigenvalue weighted by Crippen LogP contribution is 2.17. The summed E-state index contributed by atoms with van der Waals surface area (Å²) in [5.41, 5.74) is 2.71. The van der Waals surface area contributed by atoms with Crippen molar-refractivity contribution < 1.29 is 10.1 Å². The maximum atomic E-state index is 12.3. The third-order valence-corrected chi connectivity index (χ3v) is 3.74. The van der Waals surface area contributed by atoms with Crippen molar-refractivity contribution in [3.63, 3.8) is 0 Å². The van der Waals surface area contributed by atoms with Crippen LogP contribution in [0, 0.1) is 0 Å². The lowest BCUT2D eigenvalue weighted by Gasteiger charge is -2.27. The van der Waals surface area contributed by atoms with E-state index >= 15 is 0 Å². The minimum absolute atomic E-state index is 0.0872. The molecular formula is C17H19N2O+. The molecule has 20 heavy (non-hydrogen) atoms. The zero-order valence-electron chi connectivity index (χ0n) is 11.5. The van der Waals surface area contributed by atoms with Crippen LogP contribution in [0.4, 0.5) is 5.69 Å². The maximum absolute atomic E-state index is 12.3. The molecule has 1 aliphatic heterocycles. The number of nitrogens with zero attached hydrogens (tertiary/aromatic N) is 1. The number of quaternary nitrogens is 1. The standard InChI is InChI=1S/C17H18N2O/c20-17(14-4-2-1-3-5-14)15-6-8-16(9-7-15)19-12-10-18-11-13-19/h1-9,18H,10-13H2/p+1. The van der Waals surface area contributed by atoms with Gasteiger partial charge in [0.2, 0.25) is 0 Å². The van der Waals surface area contributed by atoms with Crippen LogP contribution in [-0.4, -0.2) is 32.0 Å². The molecule has 102 valence electrons. The van der Waals surface area contributed by atoms with Gasteiger partial charge < -0.3 is 10.2 Å². The molecule has 0 aromatic heterocycles. The molecule has 2 aromatic carbocycles. The molecule has 0 amide bonds. The fourth-order valence-electron chi connectivity index (χ4n) is 2.59. The van der Waals surface area contributed by atoms with Gasteiger partial charge in [-0.1, -0.05) is 30.3 Å². The SMILES string of the molecule is O=C(c1ccccc1)c1ccc(N2CC[NH2+]CC2)cc1. The van der Waals surface area contributed by atoms with Crippen LogP contribution in [0.15, 0.2) is 54.6 Å². The second kappa shape index (κ2) is 5.88. The van der Waals surface area contributed by atoms with E-state index in [2.05, 4.69) is 22.3 Å². The van der Waals surface area contributed by atoms with Gasteiger partial charge in [-0.15, -0.1) is 0 Å². The molecule has 3 nitrogen and oxygen atoms in total. The Balaban J connectivity index is 1.77. The Labute approximate surface area is 119 Å². The van der Waals surface area contributed by atoms with E-state index in [0.29, 0.717) is 0 Å². The van der Waals surface area contributed by atoms with Crippen molar-refractivity contribution in [2.45, 2.75) is 0 Å². The zero-order chi connectivity index (χ0) is 13.8. The minimum atomic E-state index is 0.0872. The van der Waals surface area contributed by atoms with E-state index in [-0.39, 0.29) is 5.78 Å². The van der Waals surface area contributed by atoms with Gasteiger partial charge in [-0.3, -0.25) is 4.79 Å². The summed E-state index contributed by atoms with van der Waals surface area (Å²) in [5.74, 6) is 0.0872. The Morgan fingerprint density at radius 3 is 2.10 bits per heavy atom. The van der Waals surface area contributed by atoms with Gasteiger partial charge >= 0.3 is 0 Å². The van der Waals surface area contributed by atoms with E-state index in [9.17, 15) is 4.79 Å². The first-order valence-corrected chi connectivity index (χ1v) is 7.11. The molecule has 2 aromatic rings. The van der Waals surface area contributed by atoms with Gasteiger partial charge in [-0.05, 0) is 24.3 Å². The summed E-state index contributed by atoms with van der Waals surface area (Å²) < 4.78 is 0. The highest BCUT2D eigenvalue weighted by atomic mass is 16.1. The average molecular weight is 267 g/mol. The Morgan fingerprint density at radius 2 is 1.45 bits per heavy atom. The summed E-state index contributed by atoms with van der Waals surface area (Å²) in [6.45, 7) is 4.44. The number of nitrogens with two attached hydrogens (primary N) is 1. The Morgan fingerprint density at radius 1 is 0.850 bits per heavy atom. The lowest BCUT2D eigenvalue weighted by molar-refractivity contribution is -0.655. The first kappa shape index (κ1) is 12.9. The van der Waals surface area contributed by atoms with Gasteiger partial charge in [0, 0.05) is 16.8 Å². The van der Waals surface area contributed by atoms with Crippen LogP contribution in [-0.2, 0) is 0 Å². The van der Waals surface area contributed by atoms with Gasteiger partial charge in [0.1, 0.15) is 0 Å². The number of benzene rings is 2. The van der Waals surface area contributed by atoms with Gasteiger partial charge in [0.05, 0.1) is 26.2 Å². The molecule has 0 bridgehead atoms. The third kappa shape index (κ3) is 2.73. The van der Waals surface area contributed by atoms with Crippen LogP contribution in [0.2, 0.25) is 0 Å². The van der Waals surface area contributed by atoms with Crippen LogP contribution < -0.4 is 10.2 Å². The van der Waals surface area contributed by atoms with E-state index in [4.69, 9.17) is 0 Å². The van der Waals surface area contributed by atoms with Crippen molar-refractivity contribution in [3.05, 3.63) is 65.7 Å². The van der Waals surface area contributed by atoms with Gasteiger partial charge in [-0.2, -0.15) is 0 Å². The van der Waals surface area contributed by atoms with E-state index in [1.165, 1.54) is 5.69 Å². The van der Waals surface area contributed by atoms with Gasteiger partial charge in [0.15, 0.2) is 5.78 Å². The number of hydrogen-bond donors (Lipinski definition) is 1. The van der Waals surface area contributed by atoms with Crippen molar-refractivity contribution in [1.29, 1.82) is 0 Å². The largest absolute Gasteiger partial charge is 0.360 e. The number of carbonyl (C=O) groups excluding carboxylic acids is 1. The normalized spacial score (nSPS) is 15.1. The molecule has 0 aliphatic carbocycles. The molecule has 0 saturated carbocycles. The monoisotopic (exact) mass is 267 g/mol. The molecule has 2 N–H and O–H groups in total. The van der Waals surface area contributed by atoms with Gasteiger partial charge in [-0.25, -0.2) is 0 Å². The number of rotatable bonds is 3. The van der Waals surface area contributed by atoms with Crippen LogP contribution in [0.3, 0.4) is 0 Å². The number of ketones is 1. The number of carbonyl (C=O) groups is 1. The summed E-state index contributed by atoms with van der Waals surface area (Å²) >= 11 is 0. The number of anilines is 1. The lowest BCUT2D eigenvalue weighted by Crippen LogP contribution is -2.89. The second-order valence-corrected chi connectivity index (χ2v) is 5.10. The molecule has 1 aliphatic rings. The van der Waals surface area contributed by atoms with Crippen molar-refractivity contribution in [2.75, 3.05) is 31.1 Å². The van der Waals surface area contributed by atoms with Crippen LogP contribution in [0.5, 0.6) is 0 Å². The summed E-state index contributed by atoms with van der Waals surface area (Å²) in [6.07, 6.45) is 0. The molecule has 0 spiro atoms. The Hall–Kier alpha value is -2.13. The molecule has 3 heteroatoms. The van der Waals surface area contributed by atoms with Crippen LogP contribution in [0.25, 0.3) is 0 Å². The number of piperazine rings is 1. The topological polar surface area (TPSA) is 36.9 Å². The zero-order valence-corrected chi connectivity index (χ0v) is 11.5. The first-order valence-electron chi connectivity index (χ1n) is 7.11. The van der Waals surface area contributed by atoms with E-state index in [1.807, 2.05) is 42.5 Å². The van der Waals surface area contributed by atoms with Crippen molar-refractivity contribution in [1.82, 2.24) is 0 Å². The number of hydrogen-bond acceptors (Lipinski definition) is 2. The molecule has 0 radical (unpaired) electrons. The highest BCUT2D eigenvalue weighted by Gasteiger charge is 2.13. The van der Waals surface area contributed by atoms with E-state index in [1.54, 1.807) is 0 Å². The summed E-state index contributed by atoms with van der Waals surface area (Å²) in [5, 5.41) is 2.34. The molecule has 0 atom stereocenters. The highest BCUT2D eigenvalue weighted by molar-refractivity contribution is 6.09. The van der Waals surface area contributed by atoms with Crippen LogP contribution >= 0.6 is 0 Å². The van der Waals surface area contributed by atoms with Crippen molar-refractivity contribution in [3.8, 4) is 0 Å². The molecule has 1 heterocycles. The fraction of sp³-hybridized carbons (Fsp3) is 0.235. The second-order valence-electron chi connectivity index (χ2n) is 5.10. The molecule has 1 saturated heterocycles. The molecule has 3 rings (SSSR count). The predicted octanol–water partition coefficient (Wildman–Crippen LogP) is 1.30. The average Bonchev–Trinajstić information content (AvgIpc) is 2.56. The summed E-state index contributed by atoms with van der Waals surface area (Å²) in [4.78, 5) is 14.7. The molecular weight excluding hydrogens is 248 g/mol. The van der Waals surface area contributed by atoms with Gasteiger partial charge in [0.25, 0.3) is 0 Å². The lowest BCUT2D eigenvalue weighted by atomic mass is 10.0. The van der Waals surface area contributed by atoms with E-state index in [0.717, 1.165) is 37.3 Å². The maximum Gasteiger partial charge on any atom is 0.193 e. The Kier molecular flexibility index (Phi) is 3.79. The first-order chi connectivity index (χ1) is 9.84. The Bertz CT molecular complexity index is 572. The van der Waals surface area contributed by atoms with Crippen LogP contribution in [0.1, 0.15) is 15.9 Å². The fourth-order valence-corrected chi connectivity index (χ4v) is 2.59. The van der Waals surface area contributed by atoms with Crippen molar-refractivity contribution >= 4 is 11.5 Å². The smallest absolute Gasteiger partial charge is 0.193 e.